The number of benzene rings is 1. The van der Waals surface area contributed by atoms with Gasteiger partial charge in [-0.15, -0.1) is 0 Å². The van der Waals surface area contributed by atoms with Gasteiger partial charge in [-0.3, -0.25) is 4.68 Å². The Hall–Kier alpha value is -1.75. The van der Waals surface area contributed by atoms with E-state index in [0.717, 1.165) is 12.0 Å². The molecule has 1 aromatic heterocycles. The van der Waals surface area contributed by atoms with E-state index in [1.54, 1.807) is 23.1 Å². The molecule has 0 saturated heterocycles. The smallest absolute Gasteiger partial charge is 0.123 e. The lowest BCUT2D eigenvalue weighted by Crippen LogP contribution is -2.21. The van der Waals surface area contributed by atoms with Gasteiger partial charge in [-0.2, -0.15) is 15.3 Å². The van der Waals surface area contributed by atoms with Crippen molar-refractivity contribution < 1.29 is 4.39 Å². The number of rotatable bonds is 2. The maximum atomic E-state index is 13.3. The van der Waals surface area contributed by atoms with Crippen LogP contribution in [0.3, 0.4) is 0 Å². The van der Waals surface area contributed by atoms with Crippen molar-refractivity contribution in [3.8, 4) is 0 Å². The van der Waals surface area contributed by atoms with Gasteiger partial charge < -0.3 is 0 Å². The van der Waals surface area contributed by atoms with Crippen molar-refractivity contribution in [3.05, 3.63) is 53.1 Å². The molecule has 6 heteroatoms. The molecule has 1 aliphatic heterocycles. The molecule has 2 heterocycles. The van der Waals surface area contributed by atoms with E-state index >= 15 is 0 Å². The van der Waals surface area contributed by atoms with Crippen molar-refractivity contribution in [2.75, 3.05) is 6.54 Å². The molecule has 0 amide bonds. The van der Waals surface area contributed by atoms with E-state index in [2.05, 4.69) is 15.3 Å². The van der Waals surface area contributed by atoms with E-state index in [1.807, 2.05) is 6.07 Å². The minimum atomic E-state index is -0.268. The summed E-state index contributed by atoms with van der Waals surface area (Å²) in [7, 11) is 0. The van der Waals surface area contributed by atoms with Crippen molar-refractivity contribution in [1.29, 1.82) is 0 Å². The van der Waals surface area contributed by atoms with Crippen LogP contribution in [0, 0.1) is 5.82 Å². The van der Waals surface area contributed by atoms with Gasteiger partial charge >= 0.3 is 0 Å². The van der Waals surface area contributed by atoms with Crippen molar-refractivity contribution in [2.45, 2.75) is 18.5 Å². The van der Waals surface area contributed by atoms with Gasteiger partial charge in [0, 0.05) is 6.20 Å². The van der Waals surface area contributed by atoms with Gasteiger partial charge in [0.05, 0.1) is 23.8 Å². The molecule has 1 aliphatic rings. The Labute approximate surface area is 114 Å². The fourth-order valence-electron chi connectivity index (χ4n) is 2.32. The second kappa shape index (κ2) is 5.09. The van der Waals surface area contributed by atoms with Crippen LogP contribution in [0.1, 0.15) is 24.1 Å². The second-order valence-electron chi connectivity index (χ2n) is 4.47. The van der Waals surface area contributed by atoms with Gasteiger partial charge in [-0.05, 0) is 24.1 Å². The fraction of sp³-hybridized carbons (Fsp3) is 0.308. The minimum absolute atomic E-state index is 0.0202. The Balaban J connectivity index is 1.97. The summed E-state index contributed by atoms with van der Waals surface area (Å²) >= 11 is 5.90. The molecular weight excluding hydrogens is 267 g/mol. The average Bonchev–Trinajstić information content (AvgIpc) is 2.85. The molecule has 19 heavy (non-hydrogen) atoms. The lowest BCUT2D eigenvalue weighted by atomic mass is 9.96. The standard InChI is InChI=1S/C13H12ClFN4/c14-10-7-17-19(8-10)12-4-5-16-18-13(12)9-2-1-3-11(15)6-9/h1-3,6-8,12-13H,4-5H2. The summed E-state index contributed by atoms with van der Waals surface area (Å²) in [5.74, 6) is -0.268. The summed E-state index contributed by atoms with van der Waals surface area (Å²) in [6.45, 7) is 0.647. The first-order valence-corrected chi connectivity index (χ1v) is 6.43. The highest BCUT2D eigenvalue weighted by Gasteiger charge is 2.28. The van der Waals surface area contributed by atoms with E-state index in [-0.39, 0.29) is 17.9 Å². The number of aromatic nitrogens is 2. The summed E-state index contributed by atoms with van der Waals surface area (Å²) in [6, 6.07) is 6.25. The largest absolute Gasteiger partial charge is 0.265 e. The summed E-state index contributed by atoms with van der Waals surface area (Å²) in [6.07, 6.45) is 4.16. The van der Waals surface area contributed by atoms with Gasteiger partial charge in [-0.1, -0.05) is 23.7 Å². The van der Waals surface area contributed by atoms with Gasteiger partial charge in [0.2, 0.25) is 0 Å². The van der Waals surface area contributed by atoms with Crippen molar-refractivity contribution in [3.63, 3.8) is 0 Å². The van der Waals surface area contributed by atoms with E-state index < -0.39 is 0 Å². The quantitative estimate of drug-likeness (QED) is 0.823. The number of halogens is 2. The van der Waals surface area contributed by atoms with Gasteiger partial charge in [0.25, 0.3) is 0 Å². The molecule has 2 aromatic rings. The summed E-state index contributed by atoms with van der Waals surface area (Å²) in [5.41, 5.74) is 0.806. The maximum Gasteiger partial charge on any atom is 0.123 e. The molecule has 2 atom stereocenters. The first-order valence-electron chi connectivity index (χ1n) is 6.06. The zero-order valence-corrected chi connectivity index (χ0v) is 10.8. The molecule has 3 rings (SSSR count). The Morgan fingerprint density at radius 1 is 1.37 bits per heavy atom. The van der Waals surface area contributed by atoms with Crippen LogP contribution in [0.15, 0.2) is 46.9 Å². The molecule has 98 valence electrons. The van der Waals surface area contributed by atoms with Crippen molar-refractivity contribution in [2.24, 2.45) is 10.2 Å². The summed E-state index contributed by atoms with van der Waals surface area (Å²) in [5, 5.41) is 13.1. The van der Waals surface area contributed by atoms with Crippen LogP contribution in [-0.2, 0) is 0 Å². The van der Waals surface area contributed by atoms with Crippen molar-refractivity contribution >= 4 is 11.6 Å². The Kier molecular flexibility index (Phi) is 3.29. The monoisotopic (exact) mass is 278 g/mol. The Bertz CT molecular complexity index is 610. The van der Waals surface area contributed by atoms with Crippen LogP contribution in [0.25, 0.3) is 0 Å². The van der Waals surface area contributed by atoms with E-state index in [1.165, 1.54) is 12.1 Å². The van der Waals surface area contributed by atoms with E-state index in [9.17, 15) is 4.39 Å². The van der Waals surface area contributed by atoms with E-state index in [4.69, 9.17) is 11.6 Å². The maximum absolute atomic E-state index is 13.3. The first kappa shape index (κ1) is 12.3. The second-order valence-corrected chi connectivity index (χ2v) is 4.91. The van der Waals surface area contributed by atoms with Crippen LogP contribution in [0.2, 0.25) is 5.02 Å². The third-order valence-electron chi connectivity index (χ3n) is 3.20. The van der Waals surface area contributed by atoms with Crippen molar-refractivity contribution in [1.82, 2.24) is 9.78 Å². The van der Waals surface area contributed by atoms with Crippen LogP contribution in [-0.4, -0.2) is 16.3 Å². The average molecular weight is 279 g/mol. The predicted octanol–water partition coefficient (Wildman–Crippen LogP) is 3.81. The van der Waals surface area contributed by atoms with E-state index in [0.29, 0.717) is 11.6 Å². The van der Waals surface area contributed by atoms with Crippen LogP contribution >= 0.6 is 11.6 Å². The number of azo groups is 1. The third kappa shape index (κ3) is 2.51. The molecule has 0 fully saturated rings. The normalized spacial score (nSPS) is 22.6. The zero-order chi connectivity index (χ0) is 13.2. The first-order chi connectivity index (χ1) is 9.24. The zero-order valence-electron chi connectivity index (χ0n) is 10.1. The van der Waals surface area contributed by atoms with Crippen LogP contribution in [0.5, 0.6) is 0 Å². The molecule has 0 radical (unpaired) electrons. The van der Waals surface area contributed by atoms with Gasteiger partial charge in [0.1, 0.15) is 11.9 Å². The molecular formula is C13H12ClFN4. The number of hydrogen-bond donors (Lipinski definition) is 0. The highest BCUT2D eigenvalue weighted by atomic mass is 35.5. The Morgan fingerprint density at radius 3 is 3.00 bits per heavy atom. The predicted molar refractivity (Wildman–Crippen MR) is 69.8 cm³/mol. The molecule has 4 nitrogen and oxygen atoms in total. The van der Waals surface area contributed by atoms with Crippen LogP contribution in [0.4, 0.5) is 4.39 Å². The van der Waals surface area contributed by atoms with Crippen LogP contribution < -0.4 is 0 Å². The molecule has 0 N–H and O–H groups in total. The number of hydrogen-bond acceptors (Lipinski definition) is 3. The highest BCUT2D eigenvalue weighted by molar-refractivity contribution is 6.30. The summed E-state index contributed by atoms with van der Waals surface area (Å²) in [4.78, 5) is 0. The Morgan fingerprint density at radius 2 is 2.26 bits per heavy atom. The molecule has 0 bridgehead atoms. The lowest BCUT2D eigenvalue weighted by Gasteiger charge is -2.26. The molecule has 2 unspecified atom stereocenters. The topological polar surface area (TPSA) is 42.5 Å². The third-order valence-corrected chi connectivity index (χ3v) is 3.39. The molecule has 0 aliphatic carbocycles. The molecule has 1 aromatic carbocycles. The van der Waals surface area contributed by atoms with Gasteiger partial charge in [0.15, 0.2) is 0 Å². The SMILES string of the molecule is Fc1cccc(C2N=NCCC2n2cc(Cl)cn2)c1. The summed E-state index contributed by atoms with van der Waals surface area (Å²) < 4.78 is 15.1. The fourth-order valence-corrected chi connectivity index (χ4v) is 2.47. The molecule has 0 spiro atoms. The van der Waals surface area contributed by atoms with Gasteiger partial charge in [-0.25, -0.2) is 4.39 Å². The minimum Gasteiger partial charge on any atom is -0.265 e. The molecule has 0 saturated carbocycles. The number of nitrogens with zero attached hydrogens (tertiary/aromatic N) is 4. The lowest BCUT2D eigenvalue weighted by molar-refractivity contribution is 0.328. The highest BCUT2D eigenvalue weighted by Crippen LogP contribution is 2.36.